The van der Waals surface area contributed by atoms with Crippen molar-refractivity contribution in [3.63, 3.8) is 0 Å². The molecule has 1 aromatic heterocycles. The predicted octanol–water partition coefficient (Wildman–Crippen LogP) is 3.25. The fraction of sp³-hybridized carbons (Fsp3) is 0.143. The number of aryl methyl sites for hydroxylation is 1. The third-order valence-electron chi connectivity index (χ3n) is 2.88. The van der Waals surface area contributed by atoms with Crippen molar-refractivity contribution < 1.29 is 4.65 Å². The summed E-state index contributed by atoms with van der Waals surface area (Å²) in [5, 5.41) is 9.38. The summed E-state index contributed by atoms with van der Waals surface area (Å²) in [5.74, 6) is 0.372. The average Bonchev–Trinajstić information content (AvgIpc) is 2.77. The molecular formula is C14H11BN2OS. The van der Waals surface area contributed by atoms with Crippen LogP contribution in [0.15, 0.2) is 30.3 Å². The van der Waals surface area contributed by atoms with E-state index >= 15 is 0 Å². The molecule has 0 N–H and O–H groups in total. The summed E-state index contributed by atoms with van der Waals surface area (Å²) in [6, 6.07) is 11.5. The molecule has 1 aromatic carbocycles. The van der Waals surface area contributed by atoms with Gasteiger partial charge in [-0.3, -0.25) is 0 Å². The van der Waals surface area contributed by atoms with Crippen LogP contribution < -0.4 is 0 Å². The number of benzene rings is 1. The van der Waals surface area contributed by atoms with E-state index in [4.69, 9.17) is 12.7 Å². The van der Waals surface area contributed by atoms with E-state index in [0.29, 0.717) is 11.3 Å². The van der Waals surface area contributed by atoms with Crippen LogP contribution in [0.2, 0.25) is 0 Å². The van der Waals surface area contributed by atoms with Crippen molar-refractivity contribution in [2.45, 2.75) is 13.8 Å². The fourth-order valence-corrected chi connectivity index (χ4v) is 2.59. The summed E-state index contributed by atoms with van der Waals surface area (Å²) >= 11 is 1.28. The van der Waals surface area contributed by atoms with Crippen LogP contribution in [-0.4, -0.2) is 12.4 Å². The maximum absolute atomic E-state index is 9.38. The Hall–Kier alpha value is -2.06. The first-order chi connectivity index (χ1) is 9.19. The molecule has 0 saturated heterocycles. The fourth-order valence-electron chi connectivity index (χ4n) is 1.70. The van der Waals surface area contributed by atoms with Crippen molar-refractivity contribution in [1.29, 1.82) is 5.26 Å². The summed E-state index contributed by atoms with van der Waals surface area (Å²) in [7, 11) is 5.37. The van der Waals surface area contributed by atoms with Crippen LogP contribution in [0.5, 0.6) is 0 Å². The highest BCUT2D eigenvalue weighted by molar-refractivity contribution is 7.07. The summed E-state index contributed by atoms with van der Waals surface area (Å²) in [4.78, 5) is 0.792. The van der Waals surface area contributed by atoms with Crippen LogP contribution in [0.3, 0.4) is 0 Å². The molecule has 0 saturated carbocycles. The summed E-state index contributed by atoms with van der Waals surface area (Å²) in [6.45, 7) is 3.85. The molecule has 19 heavy (non-hydrogen) atoms. The van der Waals surface area contributed by atoms with E-state index in [2.05, 4.69) is 10.4 Å². The van der Waals surface area contributed by atoms with Gasteiger partial charge in [0.25, 0.3) is 0 Å². The van der Waals surface area contributed by atoms with Gasteiger partial charge < -0.3 is 4.65 Å². The summed E-state index contributed by atoms with van der Waals surface area (Å²) < 4.78 is 9.22. The second-order valence-electron chi connectivity index (χ2n) is 4.02. The Kier molecular flexibility index (Phi) is 4.03. The van der Waals surface area contributed by atoms with Crippen molar-refractivity contribution in [2.24, 2.45) is 0 Å². The molecule has 0 amide bonds. The third-order valence-corrected chi connectivity index (χ3v) is 3.92. The Morgan fingerprint density at radius 2 is 2.00 bits per heavy atom. The number of allylic oxidation sites excluding steroid dienone is 1. The van der Waals surface area contributed by atoms with Gasteiger partial charge in [-0.15, -0.1) is 0 Å². The van der Waals surface area contributed by atoms with Gasteiger partial charge in [0.05, 0.1) is 10.6 Å². The zero-order valence-electron chi connectivity index (χ0n) is 10.7. The van der Waals surface area contributed by atoms with Gasteiger partial charge >= 0.3 is 8.05 Å². The molecular weight excluding hydrogens is 255 g/mol. The lowest BCUT2D eigenvalue weighted by atomic mass is 10.0. The number of hydrogen-bond donors (Lipinski definition) is 0. The molecule has 2 aromatic rings. The molecule has 0 aliphatic carbocycles. The van der Waals surface area contributed by atoms with E-state index in [1.54, 1.807) is 0 Å². The van der Waals surface area contributed by atoms with E-state index < -0.39 is 0 Å². The monoisotopic (exact) mass is 266 g/mol. The quantitative estimate of drug-likeness (QED) is 0.486. The van der Waals surface area contributed by atoms with Crippen molar-refractivity contribution in [3.8, 4) is 6.07 Å². The minimum atomic E-state index is 0.372. The topological polar surface area (TPSA) is 45.9 Å². The second-order valence-corrected chi connectivity index (χ2v) is 4.80. The number of aromatic nitrogens is 1. The van der Waals surface area contributed by atoms with Crippen LogP contribution in [0.4, 0.5) is 0 Å². The number of hydrogen-bond acceptors (Lipinski definition) is 4. The van der Waals surface area contributed by atoms with Gasteiger partial charge in [-0.25, -0.2) is 0 Å². The predicted molar refractivity (Wildman–Crippen MR) is 77.3 cm³/mol. The van der Waals surface area contributed by atoms with Crippen molar-refractivity contribution in [1.82, 2.24) is 4.37 Å². The first-order valence-corrected chi connectivity index (χ1v) is 6.46. The summed E-state index contributed by atoms with van der Waals surface area (Å²) in [6.07, 6.45) is 0. The van der Waals surface area contributed by atoms with Crippen molar-refractivity contribution in [2.75, 3.05) is 0 Å². The summed E-state index contributed by atoms with van der Waals surface area (Å²) in [5.41, 5.74) is 3.08. The Balaban J connectivity index is 2.64. The molecule has 0 spiro atoms. The van der Waals surface area contributed by atoms with Gasteiger partial charge in [-0.1, -0.05) is 30.3 Å². The minimum Gasteiger partial charge on any atom is -0.566 e. The lowest BCUT2D eigenvalue weighted by molar-refractivity contribution is 0.576. The van der Waals surface area contributed by atoms with Crippen molar-refractivity contribution in [3.05, 3.63) is 52.0 Å². The number of rotatable bonds is 3. The molecule has 0 aliphatic rings. The van der Waals surface area contributed by atoms with E-state index in [1.807, 2.05) is 44.2 Å². The van der Waals surface area contributed by atoms with Gasteiger partial charge in [-0.05, 0) is 36.5 Å². The number of nitrogens with zero attached hydrogens (tertiary/aromatic N) is 2. The smallest absolute Gasteiger partial charge is 0.374 e. The minimum absolute atomic E-state index is 0.372. The second kappa shape index (κ2) is 5.72. The number of nitriles is 1. The molecule has 0 aliphatic heterocycles. The van der Waals surface area contributed by atoms with Crippen LogP contribution in [0.25, 0.3) is 11.3 Å². The third kappa shape index (κ3) is 2.54. The van der Waals surface area contributed by atoms with Gasteiger partial charge in [-0.2, -0.15) is 9.64 Å². The molecule has 3 nitrogen and oxygen atoms in total. The van der Waals surface area contributed by atoms with Gasteiger partial charge in [0.2, 0.25) is 0 Å². The highest BCUT2D eigenvalue weighted by Crippen LogP contribution is 2.32. The Morgan fingerprint density at radius 3 is 2.47 bits per heavy atom. The largest absolute Gasteiger partial charge is 0.566 e. The molecule has 0 fully saturated rings. The first-order valence-electron chi connectivity index (χ1n) is 5.68. The van der Waals surface area contributed by atoms with Gasteiger partial charge in [0.15, 0.2) is 0 Å². The molecule has 2 radical (unpaired) electrons. The van der Waals surface area contributed by atoms with Crippen molar-refractivity contribution >= 4 is 30.9 Å². The first kappa shape index (κ1) is 13.4. The molecule has 0 atom stereocenters. The highest BCUT2D eigenvalue weighted by Gasteiger charge is 2.17. The normalized spacial score (nSPS) is 11.6. The zero-order chi connectivity index (χ0) is 13.8. The molecule has 0 unspecified atom stereocenters. The molecule has 0 bridgehead atoms. The molecule has 92 valence electrons. The van der Waals surface area contributed by atoms with E-state index in [-0.39, 0.29) is 0 Å². The Bertz CT molecular complexity index is 656. The van der Waals surface area contributed by atoms with Gasteiger partial charge in [0, 0.05) is 0 Å². The van der Waals surface area contributed by atoms with E-state index in [9.17, 15) is 5.26 Å². The van der Waals surface area contributed by atoms with E-state index in [1.165, 1.54) is 11.5 Å². The Morgan fingerprint density at radius 1 is 1.32 bits per heavy atom. The maximum Gasteiger partial charge on any atom is 0.374 e. The van der Waals surface area contributed by atoms with E-state index in [0.717, 1.165) is 21.7 Å². The maximum atomic E-state index is 9.38. The van der Waals surface area contributed by atoms with Crippen LogP contribution in [0, 0.1) is 25.2 Å². The molecule has 5 heteroatoms. The Labute approximate surface area is 117 Å². The molecule has 2 rings (SSSR count). The highest BCUT2D eigenvalue weighted by atomic mass is 32.1. The van der Waals surface area contributed by atoms with Crippen LogP contribution >= 0.6 is 11.5 Å². The lowest BCUT2D eigenvalue weighted by Gasteiger charge is -2.09. The van der Waals surface area contributed by atoms with Crippen LogP contribution in [-0.2, 0) is 4.65 Å². The average molecular weight is 266 g/mol. The standard InChI is InChI=1S/C14H11BN2OS/c1-9-10(2)17-19-14(9)13(18-15)12(8-16)11-6-4-3-5-7-11/h3-7H,1-2H3. The van der Waals surface area contributed by atoms with Crippen LogP contribution in [0.1, 0.15) is 21.7 Å². The SMILES string of the molecule is [B]OC(=C(C#N)c1ccccc1)c1snc(C)c1C. The zero-order valence-corrected chi connectivity index (χ0v) is 11.5. The molecule has 1 heterocycles. The van der Waals surface area contributed by atoms with Gasteiger partial charge in [0.1, 0.15) is 17.4 Å². The lowest BCUT2D eigenvalue weighted by Crippen LogP contribution is -1.94.